The van der Waals surface area contributed by atoms with Crippen LogP contribution in [0.4, 0.5) is 13.2 Å². The largest absolute Gasteiger partial charge is 0.522 e. The van der Waals surface area contributed by atoms with E-state index in [1.807, 2.05) is 6.07 Å². The molecule has 0 unspecified atom stereocenters. The van der Waals surface area contributed by atoms with Crippen LogP contribution >= 0.6 is 11.8 Å². The first-order chi connectivity index (χ1) is 11.4. The fourth-order valence-electron chi connectivity index (χ4n) is 2.47. The molecule has 0 amide bonds. The van der Waals surface area contributed by atoms with Crippen LogP contribution < -0.4 is 0 Å². The zero-order chi connectivity index (χ0) is 18.8. The van der Waals surface area contributed by atoms with Gasteiger partial charge in [0.15, 0.2) is 0 Å². The SMILES string of the molecule is CC(C)Sc1cc2nc(CC(C)(C)C)n(CCOC(F)(F)F)c2cn1. The van der Waals surface area contributed by atoms with Crippen molar-refractivity contribution in [2.45, 2.75) is 64.2 Å². The highest BCUT2D eigenvalue weighted by Crippen LogP contribution is 2.28. The Morgan fingerprint density at radius 1 is 1.24 bits per heavy atom. The van der Waals surface area contributed by atoms with Gasteiger partial charge in [-0.3, -0.25) is 4.74 Å². The third-order valence-corrected chi connectivity index (χ3v) is 4.25. The Bertz CT molecular complexity index is 720. The molecule has 4 nitrogen and oxygen atoms in total. The first-order valence-electron chi connectivity index (χ1n) is 8.17. The number of fused-ring (bicyclic) bond motifs is 1. The van der Waals surface area contributed by atoms with E-state index in [1.54, 1.807) is 22.5 Å². The van der Waals surface area contributed by atoms with Crippen molar-refractivity contribution in [2.24, 2.45) is 5.41 Å². The van der Waals surface area contributed by atoms with E-state index in [4.69, 9.17) is 0 Å². The molecule has 0 saturated carbocycles. The number of thioether (sulfide) groups is 1. The molecule has 2 aromatic rings. The molecular weight excluding hydrogens is 351 g/mol. The first kappa shape index (κ1) is 20.0. The summed E-state index contributed by atoms with van der Waals surface area (Å²) < 4.78 is 42.6. The van der Waals surface area contributed by atoms with Crippen molar-refractivity contribution in [3.8, 4) is 0 Å². The molecular formula is C17H24F3N3OS. The summed E-state index contributed by atoms with van der Waals surface area (Å²) in [5.74, 6) is 0.752. The second-order valence-corrected chi connectivity index (χ2v) is 8.99. The summed E-state index contributed by atoms with van der Waals surface area (Å²) in [5, 5.41) is 1.25. The molecule has 0 atom stereocenters. The standard InChI is InChI=1S/C17H24F3N3OS/c1-11(2)25-15-8-12-13(10-21-15)23(6-7-24-17(18,19)20)14(22-12)9-16(3,4)5/h8,10-11H,6-7,9H2,1-5H3. The van der Waals surface area contributed by atoms with Crippen molar-refractivity contribution in [2.75, 3.05) is 6.61 Å². The average Bonchev–Trinajstić information content (AvgIpc) is 2.71. The fourth-order valence-corrected chi connectivity index (χ4v) is 3.25. The van der Waals surface area contributed by atoms with Crippen molar-refractivity contribution >= 4 is 22.8 Å². The van der Waals surface area contributed by atoms with Gasteiger partial charge in [-0.1, -0.05) is 34.6 Å². The Hall–Kier alpha value is -1.28. The average molecular weight is 375 g/mol. The van der Waals surface area contributed by atoms with Crippen LogP contribution in [0, 0.1) is 5.41 Å². The minimum absolute atomic E-state index is 0.0348. The molecule has 0 radical (unpaired) electrons. The molecule has 25 heavy (non-hydrogen) atoms. The van der Waals surface area contributed by atoms with Crippen LogP contribution in [0.2, 0.25) is 0 Å². The minimum Gasteiger partial charge on any atom is -0.324 e. The number of hydrogen-bond acceptors (Lipinski definition) is 4. The minimum atomic E-state index is -4.63. The molecule has 0 aliphatic carbocycles. The molecule has 8 heteroatoms. The Morgan fingerprint density at radius 3 is 2.48 bits per heavy atom. The van der Waals surface area contributed by atoms with Crippen molar-refractivity contribution < 1.29 is 17.9 Å². The zero-order valence-electron chi connectivity index (χ0n) is 15.1. The van der Waals surface area contributed by atoms with Gasteiger partial charge in [-0.15, -0.1) is 24.9 Å². The monoisotopic (exact) mass is 375 g/mol. The topological polar surface area (TPSA) is 39.9 Å². The Labute approximate surface area is 150 Å². The second kappa shape index (κ2) is 7.53. The summed E-state index contributed by atoms with van der Waals surface area (Å²) in [5.41, 5.74) is 1.45. The molecule has 0 fully saturated rings. The number of aromatic nitrogens is 3. The van der Waals surface area contributed by atoms with E-state index in [1.165, 1.54) is 0 Å². The molecule has 0 bridgehead atoms. The number of halogens is 3. The van der Waals surface area contributed by atoms with E-state index >= 15 is 0 Å². The maximum absolute atomic E-state index is 12.3. The summed E-state index contributed by atoms with van der Waals surface area (Å²) in [4.78, 5) is 9.07. The van der Waals surface area contributed by atoms with Gasteiger partial charge in [0.05, 0.1) is 28.9 Å². The highest BCUT2D eigenvalue weighted by Gasteiger charge is 2.29. The summed E-state index contributed by atoms with van der Waals surface area (Å²) in [6.45, 7) is 10.0. The van der Waals surface area contributed by atoms with E-state index in [0.29, 0.717) is 11.7 Å². The lowest BCUT2D eigenvalue weighted by atomic mass is 9.92. The van der Waals surface area contributed by atoms with Crippen LogP contribution in [-0.4, -0.2) is 32.8 Å². The molecule has 140 valence electrons. The quantitative estimate of drug-likeness (QED) is 0.662. The van der Waals surface area contributed by atoms with Crippen molar-refractivity contribution in [1.82, 2.24) is 14.5 Å². The number of pyridine rings is 1. The third-order valence-electron chi connectivity index (χ3n) is 3.31. The lowest BCUT2D eigenvalue weighted by Crippen LogP contribution is -2.20. The normalized spacial score (nSPS) is 13.2. The van der Waals surface area contributed by atoms with Gasteiger partial charge in [0, 0.05) is 18.2 Å². The highest BCUT2D eigenvalue weighted by molar-refractivity contribution is 7.99. The Balaban J connectivity index is 2.35. The van der Waals surface area contributed by atoms with Crippen molar-refractivity contribution in [3.63, 3.8) is 0 Å². The van der Waals surface area contributed by atoms with Gasteiger partial charge in [-0.05, 0) is 11.5 Å². The van der Waals surface area contributed by atoms with Crippen LogP contribution in [0.3, 0.4) is 0 Å². The third kappa shape index (κ3) is 6.18. The Kier molecular flexibility index (Phi) is 6.04. The summed E-state index contributed by atoms with van der Waals surface area (Å²) >= 11 is 1.63. The van der Waals surface area contributed by atoms with Crippen LogP contribution in [0.5, 0.6) is 0 Å². The van der Waals surface area contributed by atoms with E-state index in [9.17, 15) is 13.2 Å². The number of ether oxygens (including phenoxy) is 1. The number of rotatable bonds is 6. The van der Waals surface area contributed by atoms with Gasteiger partial charge < -0.3 is 4.57 Å². The fraction of sp³-hybridized carbons (Fsp3) is 0.647. The molecule has 2 heterocycles. The zero-order valence-corrected chi connectivity index (χ0v) is 16.0. The van der Waals surface area contributed by atoms with E-state index in [2.05, 4.69) is 49.3 Å². The number of hydrogen-bond donors (Lipinski definition) is 0. The maximum Gasteiger partial charge on any atom is 0.522 e. The first-order valence-corrected chi connectivity index (χ1v) is 9.05. The van der Waals surface area contributed by atoms with E-state index < -0.39 is 13.0 Å². The number of imidazole rings is 1. The molecule has 2 rings (SSSR count). The van der Waals surface area contributed by atoms with Crippen LogP contribution in [0.1, 0.15) is 40.4 Å². The molecule has 0 aliphatic heterocycles. The predicted octanol–water partition coefficient (Wildman–Crippen LogP) is 5.06. The molecule has 0 spiro atoms. The molecule has 0 aromatic carbocycles. The van der Waals surface area contributed by atoms with Crippen LogP contribution in [0.25, 0.3) is 11.0 Å². The van der Waals surface area contributed by atoms with Gasteiger partial charge in [0.25, 0.3) is 0 Å². The van der Waals surface area contributed by atoms with Gasteiger partial charge in [-0.2, -0.15) is 0 Å². The summed E-state index contributed by atoms with van der Waals surface area (Å²) in [6.07, 6.45) is -2.28. The maximum atomic E-state index is 12.3. The van der Waals surface area contributed by atoms with Crippen LogP contribution in [0.15, 0.2) is 17.3 Å². The second-order valence-electron chi connectivity index (χ2n) is 7.39. The molecule has 2 aromatic heterocycles. The number of nitrogens with zero attached hydrogens (tertiary/aromatic N) is 3. The predicted molar refractivity (Wildman–Crippen MR) is 93.7 cm³/mol. The van der Waals surface area contributed by atoms with Gasteiger partial charge in [0.2, 0.25) is 0 Å². The van der Waals surface area contributed by atoms with Gasteiger partial charge in [0.1, 0.15) is 5.82 Å². The van der Waals surface area contributed by atoms with Crippen LogP contribution in [-0.2, 0) is 17.7 Å². The van der Waals surface area contributed by atoms with Gasteiger partial charge in [-0.25, -0.2) is 9.97 Å². The van der Waals surface area contributed by atoms with Crippen molar-refractivity contribution in [1.29, 1.82) is 0 Å². The lowest BCUT2D eigenvalue weighted by Gasteiger charge is -2.19. The number of alkyl halides is 3. The smallest absolute Gasteiger partial charge is 0.324 e. The summed E-state index contributed by atoms with van der Waals surface area (Å²) in [6, 6.07) is 1.90. The Morgan fingerprint density at radius 2 is 1.92 bits per heavy atom. The van der Waals surface area contributed by atoms with E-state index in [0.717, 1.165) is 21.9 Å². The van der Waals surface area contributed by atoms with E-state index in [-0.39, 0.29) is 12.0 Å². The molecule has 0 N–H and O–H groups in total. The molecule has 0 aliphatic rings. The lowest BCUT2D eigenvalue weighted by molar-refractivity contribution is -0.325. The van der Waals surface area contributed by atoms with Crippen molar-refractivity contribution in [3.05, 3.63) is 18.1 Å². The summed E-state index contributed by atoms with van der Waals surface area (Å²) in [7, 11) is 0. The van der Waals surface area contributed by atoms with Gasteiger partial charge >= 0.3 is 6.36 Å². The highest BCUT2D eigenvalue weighted by atomic mass is 32.2. The molecule has 0 saturated heterocycles.